The van der Waals surface area contributed by atoms with Crippen molar-refractivity contribution in [1.82, 2.24) is 9.21 Å². The number of benzene rings is 1. The number of nitrogens with zero attached hydrogens (tertiary/aromatic N) is 2. The standard InChI is InChI=1S/C14H18N2O3S/c1-14(2)8-11-9-16(13(17)15(11)10-14)20(18,19)12-6-4-3-5-7-12/h3-7,11H,8-10H2,1-2H3. The quantitative estimate of drug-likeness (QED) is 0.837. The third-order valence-corrected chi connectivity index (χ3v) is 5.75. The molecule has 1 aromatic rings. The van der Waals surface area contributed by atoms with Crippen LogP contribution in [0.25, 0.3) is 0 Å². The van der Waals surface area contributed by atoms with Gasteiger partial charge in [0, 0.05) is 6.54 Å². The van der Waals surface area contributed by atoms with Crippen LogP contribution < -0.4 is 0 Å². The van der Waals surface area contributed by atoms with Gasteiger partial charge in [-0.3, -0.25) is 0 Å². The van der Waals surface area contributed by atoms with Crippen molar-refractivity contribution in [2.24, 2.45) is 5.41 Å². The van der Waals surface area contributed by atoms with Crippen LogP contribution >= 0.6 is 0 Å². The predicted octanol–water partition coefficient (Wildman–Crippen LogP) is 1.91. The minimum Gasteiger partial charge on any atom is -0.318 e. The average Bonchev–Trinajstić information content (AvgIpc) is 2.85. The predicted molar refractivity (Wildman–Crippen MR) is 74.6 cm³/mol. The molecule has 20 heavy (non-hydrogen) atoms. The fourth-order valence-electron chi connectivity index (χ4n) is 3.12. The van der Waals surface area contributed by atoms with Crippen molar-refractivity contribution >= 4 is 16.1 Å². The lowest BCUT2D eigenvalue weighted by molar-refractivity contribution is 0.201. The Balaban J connectivity index is 1.90. The Bertz CT molecular complexity index is 640. The fourth-order valence-corrected chi connectivity index (χ4v) is 4.56. The molecular formula is C14H18N2O3S. The maximum Gasteiger partial charge on any atom is 0.334 e. The van der Waals surface area contributed by atoms with E-state index in [1.54, 1.807) is 23.1 Å². The van der Waals surface area contributed by atoms with Crippen molar-refractivity contribution < 1.29 is 13.2 Å². The van der Waals surface area contributed by atoms with E-state index in [0.29, 0.717) is 6.54 Å². The van der Waals surface area contributed by atoms with E-state index < -0.39 is 10.0 Å². The fraction of sp³-hybridized carbons (Fsp3) is 0.500. The largest absolute Gasteiger partial charge is 0.334 e. The van der Waals surface area contributed by atoms with Crippen LogP contribution in [0, 0.1) is 5.41 Å². The second kappa shape index (κ2) is 4.22. The molecule has 2 aliphatic heterocycles. The third-order valence-electron chi connectivity index (χ3n) is 3.99. The molecule has 5 nitrogen and oxygen atoms in total. The number of rotatable bonds is 2. The van der Waals surface area contributed by atoms with E-state index in [0.717, 1.165) is 10.7 Å². The van der Waals surface area contributed by atoms with Gasteiger partial charge in [0.05, 0.1) is 17.5 Å². The Morgan fingerprint density at radius 2 is 1.85 bits per heavy atom. The van der Waals surface area contributed by atoms with Gasteiger partial charge >= 0.3 is 6.03 Å². The molecule has 0 radical (unpaired) electrons. The van der Waals surface area contributed by atoms with Crippen LogP contribution in [0.5, 0.6) is 0 Å². The molecule has 6 heteroatoms. The minimum atomic E-state index is -3.73. The van der Waals surface area contributed by atoms with E-state index in [1.807, 2.05) is 0 Å². The number of hydrogen-bond acceptors (Lipinski definition) is 3. The van der Waals surface area contributed by atoms with E-state index in [1.165, 1.54) is 12.1 Å². The normalized spacial score (nSPS) is 25.1. The topological polar surface area (TPSA) is 57.7 Å². The number of sulfonamides is 1. The molecule has 1 aromatic carbocycles. The molecule has 2 fully saturated rings. The van der Waals surface area contributed by atoms with Gasteiger partial charge < -0.3 is 4.90 Å². The molecule has 2 aliphatic rings. The number of fused-ring (bicyclic) bond motifs is 1. The summed E-state index contributed by atoms with van der Waals surface area (Å²) in [4.78, 5) is 14.2. The molecule has 2 heterocycles. The lowest BCUT2D eigenvalue weighted by Crippen LogP contribution is -2.37. The molecule has 2 amide bonds. The Hall–Kier alpha value is -1.56. The highest BCUT2D eigenvalue weighted by molar-refractivity contribution is 7.89. The Morgan fingerprint density at radius 1 is 1.20 bits per heavy atom. The highest BCUT2D eigenvalue weighted by Gasteiger charge is 2.50. The van der Waals surface area contributed by atoms with Crippen molar-refractivity contribution in [3.63, 3.8) is 0 Å². The second-order valence-electron chi connectivity index (χ2n) is 6.28. The summed E-state index contributed by atoms with van der Waals surface area (Å²) in [6.07, 6.45) is 0.847. The highest BCUT2D eigenvalue weighted by Crippen LogP contribution is 2.39. The van der Waals surface area contributed by atoms with Crippen LogP contribution in [-0.4, -0.2) is 42.8 Å². The number of carbonyl (C=O) groups excluding carboxylic acids is 1. The highest BCUT2D eigenvalue weighted by atomic mass is 32.2. The molecule has 0 aliphatic carbocycles. The first-order valence-electron chi connectivity index (χ1n) is 6.70. The van der Waals surface area contributed by atoms with Gasteiger partial charge in [-0.2, -0.15) is 0 Å². The maximum atomic E-state index is 12.5. The molecule has 1 atom stereocenters. The van der Waals surface area contributed by atoms with Crippen LogP contribution in [0.3, 0.4) is 0 Å². The van der Waals surface area contributed by atoms with Gasteiger partial charge in [0.25, 0.3) is 10.0 Å². The van der Waals surface area contributed by atoms with Gasteiger partial charge in [-0.25, -0.2) is 17.5 Å². The smallest absolute Gasteiger partial charge is 0.318 e. The van der Waals surface area contributed by atoms with Crippen LogP contribution in [0.4, 0.5) is 4.79 Å². The molecule has 0 bridgehead atoms. The Morgan fingerprint density at radius 3 is 2.45 bits per heavy atom. The summed E-state index contributed by atoms with van der Waals surface area (Å²) in [6, 6.07) is 7.76. The van der Waals surface area contributed by atoms with Gasteiger partial charge in [-0.15, -0.1) is 0 Å². The molecular weight excluding hydrogens is 276 g/mol. The molecule has 108 valence electrons. The first kappa shape index (κ1) is 13.4. The summed E-state index contributed by atoms with van der Waals surface area (Å²) in [5.41, 5.74) is 0.0723. The second-order valence-corrected chi connectivity index (χ2v) is 8.14. The van der Waals surface area contributed by atoms with Gasteiger partial charge in [0.2, 0.25) is 0 Å². The zero-order chi connectivity index (χ0) is 14.5. The molecule has 2 saturated heterocycles. The van der Waals surface area contributed by atoms with E-state index in [-0.39, 0.29) is 28.9 Å². The molecule has 0 saturated carbocycles. The lowest BCUT2D eigenvalue weighted by Gasteiger charge is -2.22. The minimum absolute atomic E-state index is 0.0102. The van der Waals surface area contributed by atoms with Crippen molar-refractivity contribution in [2.75, 3.05) is 13.1 Å². The van der Waals surface area contributed by atoms with Crippen LogP contribution in [0.1, 0.15) is 20.3 Å². The third kappa shape index (κ3) is 1.98. The Labute approximate surface area is 119 Å². The first-order chi connectivity index (χ1) is 9.31. The van der Waals surface area contributed by atoms with Crippen LogP contribution in [0.2, 0.25) is 0 Å². The van der Waals surface area contributed by atoms with E-state index in [9.17, 15) is 13.2 Å². The molecule has 0 spiro atoms. The van der Waals surface area contributed by atoms with Crippen molar-refractivity contribution in [3.05, 3.63) is 30.3 Å². The average molecular weight is 294 g/mol. The van der Waals surface area contributed by atoms with E-state index >= 15 is 0 Å². The molecule has 3 rings (SSSR count). The van der Waals surface area contributed by atoms with Crippen LogP contribution in [0.15, 0.2) is 35.2 Å². The van der Waals surface area contributed by atoms with Crippen molar-refractivity contribution in [1.29, 1.82) is 0 Å². The number of amides is 2. The number of carbonyl (C=O) groups is 1. The Kier molecular flexibility index (Phi) is 2.83. The van der Waals surface area contributed by atoms with Crippen LogP contribution in [-0.2, 0) is 10.0 Å². The summed E-state index contributed by atoms with van der Waals surface area (Å²) < 4.78 is 26.0. The first-order valence-corrected chi connectivity index (χ1v) is 8.14. The van der Waals surface area contributed by atoms with Gasteiger partial charge in [0.1, 0.15) is 0 Å². The monoisotopic (exact) mass is 294 g/mol. The summed E-state index contributed by atoms with van der Waals surface area (Å²) in [6.45, 7) is 5.10. The summed E-state index contributed by atoms with van der Waals surface area (Å²) in [5, 5.41) is 0. The van der Waals surface area contributed by atoms with Crippen molar-refractivity contribution in [2.45, 2.75) is 31.2 Å². The lowest BCUT2D eigenvalue weighted by atomic mass is 9.90. The molecule has 1 unspecified atom stereocenters. The van der Waals surface area contributed by atoms with Crippen molar-refractivity contribution in [3.8, 4) is 0 Å². The zero-order valence-corrected chi connectivity index (χ0v) is 12.4. The summed E-state index contributed by atoms with van der Waals surface area (Å²) in [7, 11) is -3.73. The van der Waals surface area contributed by atoms with Gasteiger partial charge in [-0.05, 0) is 24.0 Å². The number of urea groups is 1. The zero-order valence-electron chi connectivity index (χ0n) is 11.6. The molecule has 0 aromatic heterocycles. The van der Waals surface area contributed by atoms with Gasteiger partial charge in [0.15, 0.2) is 0 Å². The molecule has 0 N–H and O–H groups in total. The summed E-state index contributed by atoms with van der Waals surface area (Å²) in [5.74, 6) is 0. The number of hydrogen-bond donors (Lipinski definition) is 0. The SMILES string of the molecule is CC1(C)CC2CN(S(=O)(=O)c3ccccc3)C(=O)N2C1. The maximum absolute atomic E-state index is 12.5. The van der Waals surface area contributed by atoms with E-state index in [4.69, 9.17) is 0 Å². The summed E-state index contributed by atoms with van der Waals surface area (Å²) >= 11 is 0. The van der Waals surface area contributed by atoms with Gasteiger partial charge in [-0.1, -0.05) is 32.0 Å². The van der Waals surface area contributed by atoms with E-state index in [2.05, 4.69) is 13.8 Å².